The first-order chi connectivity index (χ1) is 15.3. The van der Waals surface area contributed by atoms with Crippen LogP contribution in [0.25, 0.3) is 0 Å². The SMILES string of the molecule is CC(C)NCCNC1CCCC(CC(=O)N[C@H]2Cc3cccc(C(=O)O)c3OB2O)CC1. The Balaban J connectivity index is 1.45. The van der Waals surface area contributed by atoms with Crippen LogP contribution in [0, 0.1) is 5.92 Å². The van der Waals surface area contributed by atoms with E-state index in [0.29, 0.717) is 36.4 Å². The van der Waals surface area contributed by atoms with Crippen LogP contribution in [-0.4, -0.2) is 60.2 Å². The van der Waals surface area contributed by atoms with Crippen molar-refractivity contribution < 1.29 is 24.4 Å². The summed E-state index contributed by atoms with van der Waals surface area (Å²) in [6.45, 7) is 6.21. The molecule has 2 aliphatic rings. The Morgan fingerprint density at radius 3 is 2.75 bits per heavy atom. The fraction of sp³-hybridized carbons (Fsp3) is 0.652. The molecule has 1 saturated carbocycles. The summed E-state index contributed by atoms with van der Waals surface area (Å²) < 4.78 is 5.47. The monoisotopic (exact) mass is 445 g/mol. The molecule has 3 rings (SSSR count). The minimum absolute atomic E-state index is 0.0212. The molecule has 3 atom stereocenters. The Labute approximate surface area is 190 Å². The first-order valence-electron chi connectivity index (χ1n) is 11.8. The van der Waals surface area contributed by atoms with Crippen molar-refractivity contribution >= 4 is 19.0 Å². The maximum absolute atomic E-state index is 12.7. The van der Waals surface area contributed by atoms with E-state index in [4.69, 9.17) is 4.65 Å². The van der Waals surface area contributed by atoms with Crippen LogP contribution in [0.1, 0.15) is 68.3 Å². The van der Waals surface area contributed by atoms with Gasteiger partial charge in [0.1, 0.15) is 5.75 Å². The zero-order chi connectivity index (χ0) is 23.1. The molecule has 0 spiro atoms. The van der Waals surface area contributed by atoms with Crippen LogP contribution < -0.4 is 20.6 Å². The Hall–Kier alpha value is -2.10. The molecule has 0 saturated heterocycles. The zero-order valence-corrected chi connectivity index (χ0v) is 19.1. The van der Waals surface area contributed by atoms with Crippen molar-refractivity contribution in [1.82, 2.24) is 16.0 Å². The quantitative estimate of drug-likeness (QED) is 0.223. The summed E-state index contributed by atoms with van der Waals surface area (Å²) in [5, 5.41) is 29.6. The average molecular weight is 445 g/mol. The summed E-state index contributed by atoms with van der Waals surface area (Å²) in [7, 11) is -1.27. The number of para-hydroxylation sites is 1. The normalized spacial score (nSPS) is 23.2. The molecule has 176 valence electrons. The van der Waals surface area contributed by atoms with Crippen molar-refractivity contribution in [2.24, 2.45) is 5.92 Å². The van der Waals surface area contributed by atoms with E-state index in [0.717, 1.165) is 45.2 Å². The van der Waals surface area contributed by atoms with E-state index in [1.165, 1.54) is 6.07 Å². The minimum Gasteiger partial charge on any atom is -0.534 e. The van der Waals surface area contributed by atoms with Gasteiger partial charge in [0, 0.05) is 31.6 Å². The van der Waals surface area contributed by atoms with Gasteiger partial charge in [-0.3, -0.25) is 4.79 Å². The van der Waals surface area contributed by atoms with E-state index in [-0.39, 0.29) is 17.2 Å². The van der Waals surface area contributed by atoms with Gasteiger partial charge in [0.2, 0.25) is 5.91 Å². The van der Waals surface area contributed by atoms with E-state index < -0.39 is 19.0 Å². The van der Waals surface area contributed by atoms with Gasteiger partial charge < -0.3 is 30.7 Å². The van der Waals surface area contributed by atoms with Gasteiger partial charge in [0.25, 0.3) is 0 Å². The van der Waals surface area contributed by atoms with Gasteiger partial charge in [-0.05, 0) is 49.7 Å². The molecule has 9 heteroatoms. The molecule has 32 heavy (non-hydrogen) atoms. The van der Waals surface area contributed by atoms with E-state index in [2.05, 4.69) is 29.8 Å². The molecule has 2 unspecified atom stereocenters. The van der Waals surface area contributed by atoms with Gasteiger partial charge >= 0.3 is 13.1 Å². The van der Waals surface area contributed by atoms with Gasteiger partial charge in [-0.2, -0.15) is 0 Å². The largest absolute Gasteiger partial charge is 0.547 e. The highest BCUT2D eigenvalue weighted by Gasteiger charge is 2.38. The number of carboxylic acid groups (broad SMARTS) is 1. The summed E-state index contributed by atoms with van der Waals surface area (Å²) in [5.74, 6) is -1.26. The summed E-state index contributed by atoms with van der Waals surface area (Å²) in [5.41, 5.74) is 0.698. The van der Waals surface area contributed by atoms with Gasteiger partial charge in [-0.15, -0.1) is 0 Å². The third-order valence-corrected chi connectivity index (χ3v) is 6.37. The average Bonchev–Trinajstić information content (AvgIpc) is 2.96. The number of fused-ring (bicyclic) bond motifs is 1. The maximum Gasteiger partial charge on any atom is 0.547 e. The van der Waals surface area contributed by atoms with Crippen LogP contribution in [0.4, 0.5) is 0 Å². The van der Waals surface area contributed by atoms with Gasteiger partial charge in [-0.1, -0.05) is 32.4 Å². The van der Waals surface area contributed by atoms with Crippen molar-refractivity contribution in [3.63, 3.8) is 0 Å². The number of rotatable bonds is 9. The Bertz CT molecular complexity index is 791. The highest BCUT2D eigenvalue weighted by atomic mass is 16.5. The van der Waals surface area contributed by atoms with Crippen LogP contribution in [0.5, 0.6) is 5.75 Å². The van der Waals surface area contributed by atoms with E-state index >= 15 is 0 Å². The van der Waals surface area contributed by atoms with Crippen LogP contribution >= 0.6 is 0 Å². The Kier molecular flexibility index (Phi) is 8.96. The highest BCUT2D eigenvalue weighted by Crippen LogP contribution is 2.30. The van der Waals surface area contributed by atoms with Crippen LogP contribution in [0.3, 0.4) is 0 Å². The van der Waals surface area contributed by atoms with E-state index in [1.54, 1.807) is 12.1 Å². The molecular formula is C23H36BN3O5. The molecule has 1 amide bonds. The van der Waals surface area contributed by atoms with Gasteiger partial charge in [0.15, 0.2) is 0 Å². The van der Waals surface area contributed by atoms with Crippen LogP contribution in [0.2, 0.25) is 0 Å². The topological polar surface area (TPSA) is 120 Å². The number of carbonyl (C=O) groups excluding carboxylic acids is 1. The maximum atomic E-state index is 12.7. The molecular weight excluding hydrogens is 409 g/mol. The smallest absolute Gasteiger partial charge is 0.534 e. The summed E-state index contributed by atoms with van der Waals surface area (Å²) in [4.78, 5) is 24.1. The lowest BCUT2D eigenvalue weighted by atomic mass is 9.72. The molecule has 1 aromatic carbocycles. The molecule has 0 bridgehead atoms. The second-order valence-corrected chi connectivity index (χ2v) is 9.32. The number of nitrogens with one attached hydrogen (secondary N) is 3. The van der Waals surface area contributed by atoms with Crippen molar-refractivity contribution in [2.75, 3.05) is 13.1 Å². The molecule has 0 radical (unpaired) electrons. The van der Waals surface area contributed by atoms with Crippen molar-refractivity contribution in [3.05, 3.63) is 29.3 Å². The van der Waals surface area contributed by atoms with Crippen molar-refractivity contribution in [3.8, 4) is 5.75 Å². The molecule has 0 aromatic heterocycles. The lowest BCUT2D eigenvalue weighted by molar-refractivity contribution is -0.122. The lowest BCUT2D eigenvalue weighted by Gasteiger charge is -2.29. The summed E-state index contributed by atoms with van der Waals surface area (Å²) in [6.07, 6.45) is 6.13. The number of amides is 1. The number of benzene rings is 1. The fourth-order valence-corrected chi connectivity index (χ4v) is 4.67. The number of hydrogen-bond donors (Lipinski definition) is 5. The van der Waals surface area contributed by atoms with Crippen molar-refractivity contribution in [2.45, 2.75) is 76.8 Å². The second kappa shape index (κ2) is 11.7. The molecule has 8 nitrogen and oxygen atoms in total. The molecule has 1 aliphatic carbocycles. The molecule has 1 aromatic rings. The van der Waals surface area contributed by atoms with E-state index in [1.807, 2.05) is 0 Å². The molecule has 1 heterocycles. The van der Waals surface area contributed by atoms with E-state index in [9.17, 15) is 19.7 Å². The summed E-state index contributed by atoms with van der Waals surface area (Å²) >= 11 is 0. The van der Waals surface area contributed by atoms with Crippen LogP contribution in [-0.2, 0) is 11.2 Å². The van der Waals surface area contributed by atoms with Crippen molar-refractivity contribution in [1.29, 1.82) is 0 Å². The third kappa shape index (κ3) is 6.95. The standard InChI is InChI=1S/C23H36BN3O5/c1-15(2)25-11-12-26-18-7-3-5-16(9-10-18)13-21(28)27-20-14-17-6-4-8-19(23(29)30)22(17)32-24(20)31/h4,6,8,15-16,18,20,25-26,31H,3,5,7,9-14H2,1-2H3,(H,27,28)(H,29,30)/t16?,18?,20-/m0/s1. The Morgan fingerprint density at radius 1 is 1.19 bits per heavy atom. The highest BCUT2D eigenvalue weighted by molar-refractivity contribution is 6.47. The predicted octanol–water partition coefficient (Wildman–Crippen LogP) is 1.75. The third-order valence-electron chi connectivity index (χ3n) is 6.37. The predicted molar refractivity (Wildman–Crippen MR) is 124 cm³/mol. The minimum atomic E-state index is -1.27. The summed E-state index contributed by atoms with van der Waals surface area (Å²) in [6, 6.07) is 5.86. The fourth-order valence-electron chi connectivity index (χ4n) is 4.67. The van der Waals surface area contributed by atoms with Gasteiger partial charge in [-0.25, -0.2) is 4.79 Å². The zero-order valence-electron chi connectivity index (χ0n) is 19.1. The number of hydrogen-bond acceptors (Lipinski definition) is 6. The lowest BCUT2D eigenvalue weighted by Crippen LogP contribution is -2.53. The molecule has 1 aliphatic heterocycles. The number of carbonyl (C=O) groups is 2. The number of carboxylic acids is 1. The second-order valence-electron chi connectivity index (χ2n) is 9.32. The van der Waals surface area contributed by atoms with Crippen LogP contribution in [0.15, 0.2) is 18.2 Å². The first kappa shape index (κ1) is 24.5. The molecule has 5 N–H and O–H groups in total. The Morgan fingerprint density at radius 2 is 2.00 bits per heavy atom. The molecule has 1 fully saturated rings. The van der Waals surface area contributed by atoms with Gasteiger partial charge in [0.05, 0.1) is 11.5 Å². The first-order valence-corrected chi connectivity index (χ1v) is 11.8. The number of aromatic carboxylic acids is 1.